The highest BCUT2D eigenvalue weighted by Gasteiger charge is 2.69. The average molecular weight is 522 g/mol. The summed E-state index contributed by atoms with van der Waals surface area (Å²) in [6.07, 6.45) is 5.23. The Morgan fingerprint density at radius 2 is 1.57 bits per heavy atom. The third kappa shape index (κ3) is 3.39. The van der Waals surface area contributed by atoms with Crippen molar-refractivity contribution >= 4 is 46.0 Å². The Kier molecular flexibility index (Phi) is 5.52. The second-order valence-corrected chi connectivity index (χ2v) is 11.4. The molecule has 6 heteroatoms. The molecule has 0 spiro atoms. The van der Waals surface area contributed by atoms with Gasteiger partial charge in [0.1, 0.15) is 6.04 Å². The fourth-order valence-electron chi connectivity index (χ4n) is 5.60. The number of carbonyl (C=O) groups is 3. The van der Waals surface area contributed by atoms with Crippen molar-refractivity contribution < 1.29 is 14.4 Å². The van der Waals surface area contributed by atoms with Crippen molar-refractivity contribution in [1.82, 2.24) is 4.90 Å². The lowest BCUT2D eigenvalue weighted by Crippen LogP contribution is -2.52. The molecule has 1 unspecified atom stereocenters. The molecule has 1 aromatic rings. The molecule has 1 heterocycles. The number of nitrogens with zero attached hydrogens (tertiary/aromatic N) is 2. The first-order valence-corrected chi connectivity index (χ1v) is 12.1. The van der Waals surface area contributed by atoms with Crippen molar-refractivity contribution in [2.75, 3.05) is 4.90 Å². The minimum atomic E-state index is -0.681. The third-order valence-corrected chi connectivity index (χ3v) is 8.75. The molecule has 30 heavy (non-hydrogen) atoms. The van der Waals surface area contributed by atoms with E-state index in [1.165, 1.54) is 11.3 Å². The fraction of sp³-hybridized carbons (Fsp3) is 0.625. The van der Waals surface area contributed by atoms with Crippen LogP contribution in [0.2, 0.25) is 0 Å². The maximum Gasteiger partial charge on any atom is 0.257 e. The van der Waals surface area contributed by atoms with Gasteiger partial charge in [-0.15, -0.1) is 0 Å². The van der Waals surface area contributed by atoms with Gasteiger partial charge in [0.15, 0.2) is 0 Å². The molecule has 3 aliphatic rings. The predicted molar refractivity (Wildman–Crippen MR) is 125 cm³/mol. The van der Waals surface area contributed by atoms with Crippen molar-refractivity contribution in [1.29, 1.82) is 0 Å². The molecular formula is C24H31IN2O3. The quantitative estimate of drug-likeness (QED) is 0.423. The van der Waals surface area contributed by atoms with Crippen LogP contribution in [0.1, 0.15) is 66.2 Å². The van der Waals surface area contributed by atoms with Crippen molar-refractivity contribution in [3.05, 3.63) is 27.8 Å². The third-order valence-electron chi connectivity index (χ3n) is 8.03. The van der Waals surface area contributed by atoms with Gasteiger partial charge >= 0.3 is 0 Å². The van der Waals surface area contributed by atoms with Gasteiger partial charge in [0.25, 0.3) is 5.91 Å². The Bertz CT molecular complexity index is 857. The largest absolute Gasteiger partial charge is 0.327 e. The zero-order chi connectivity index (χ0) is 21.8. The number of hydrogen-bond donors (Lipinski definition) is 0. The van der Waals surface area contributed by atoms with Crippen LogP contribution in [0.3, 0.4) is 0 Å². The molecule has 1 aromatic carbocycles. The van der Waals surface area contributed by atoms with E-state index in [9.17, 15) is 14.4 Å². The number of benzene rings is 1. The zero-order valence-corrected chi connectivity index (χ0v) is 20.4. The first-order valence-electron chi connectivity index (χ1n) is 11.0. The van der Waals surface area contributed by atoms with E-state index in [0.29, 0.717) is 5.69 Å². The fourth-order valence-corrected chi connectivity index (χ4v) is 5.96. The van der Waals surface area contributed by atoms with E-state index >= 15 is 0 Å². The van der Waals surface area contributed by atoms with Crippen LogP contribution in [0, 0.1) is 20.3 Å². The molecular weight excluding hydrogens is 491 g/mol. The molecule has 162 valence electrons. The van der Waals surface area contributed by atoms with Gasteiger partial charge in [-0.1, -0.05) is 47.0 Å². The highest BCUT2D eigenvalue weighted by Crippen LogP contribution is 2.69. The molecule has 1 atom stereocenters. The monoisotopic (exact) mass is 522 g/mol. The number of imide groups is 1. The lowest BCUT2D eigenvalue weighted by molar-refractivity contribution is -0.144. The van der Waals surface area contributed by atoms with Crippen LogP contribution in [0.4, 0.5) is 5.69 Å². The van der Waals surface area contributed by atoms with Gasteiger partial charge in [-0.2, -0.15) is 0 Å². The summed E-state index contributed by atoms with van der Waals surface area (Å²) in [5, 5.41) is 0. The number of hydrogen-bond acceptors (Lipinski definition) is 3. The highest BCUT2D eigenvalue weighted by molar-refractivity contribution is 14.1. The number of rotatable bonds is 4. The topological polar surface area (TPSA) is 57.7 Å². The summed E-state index contributed by atoms with van der Waals surface area (Å²) in [7, 11) is 0. The molecule has 1 aliphatic heterocycles. The molecule has 0 radical (unpaired) electrons. The highest BCUT2D eigenvalue weighted by atomic mass is 127. The van der Waals surface area contributed by atoms with Crippen LogP contribution in [-0.4, -0.2) is 34.7 Å². The molecule has 4 rings (SSSR count). The number of carbonyl (C=O) groups excluding carboxylic acids is 3. The van der Waals surface area contributed by atoms with E-state index in [1.807, 2.05) is 17.0 Å². The van der Waals surface area contributed by atoms with Crippen LogP contribution >= 0.6 is 22.6 Å². The lowest BCUT2D eigenvalue weighted by Gasteiger charge is -2.38. The second-order valence-electron chi connectivity index (χ2n) is 10.2. The molecule has 0 aromatic heterocycles. The summed E-state index contributed by atoms with van der Waals surface area (Å²) < 4.78 is 1.05. The maximum absolute atomic E-state index is 13.8. The van der Waals surface area contributed by atoms with Gasteiger partial charge in [-0.3, -0.25) is 14.4 Å². The van der Waals surface area contributed by atoms with Gasteiger partial charge in [0, 0.05) is 15.5 Å². The normalized spacial score (nSPS) is 26.2. The summed E-state index contributed by atoms with van der Waals surface area (Å²) in [4.78, 5) is 43.3. The smallest absolute Gasteiger partial charge is 0.257 e. The Hall–Kier alpha value is -1.44. The Morgan fingerprint density at radius 1 is 1.00 bits per heavy atom. The summed E-state index contributed by atoms with van der Waals surface area (Å²) in [6, 6.07) is 6.77. The number of amides is 3. The standard InChI is InChI=1S/C24H31IN2O3/c1-23(2)20(24(23,3)4)22(30)26(16-8-6-5-7-9-16)18-14-19(28)27(21(18)29)17-12-10-15(25)11-13-17/h10-13,16,18,20H,5-9,14H2,1-4H3. The Balaban J connectivity index is 1.66. The molecule has 3 amide bonds. The van der Waals surface area contributed by atoms with Crippen LogP contribution < -0.4 is 4.90 Å². The minimum Gasteiger partial charge on any atom is -0.327 e. The number of halogens is 1. The van der Waals surface area contributed by atoms with Crippen LogP contribution in [0.25, 0.3) is 0 Å². The number of anilines is 1. The van der Waals surface area contributed by atoms with E-state index in [4.69, 9.17) is 0 Å². The first kappa shape index (κ1) is 21.8. The van der Waals surface area contributed by atoms with Gasteiger partial charge in [-0.25, -0.2) is 4.90 Å². The molecule has 2 saturated carbocycles. The predicted octanol–water partition coefficient (Wildman–Crippen LogP) is 4.77. The van der Waals surface area contributed by atoms with E-state index < -0.39 is 6.04 Å². The summed E-state index contributed by atoms with van der Waals surface area (Å²) in [5.41, 5.74) is 0.396. The maximum atomic E-state index is 13.8. The molecule has 3 fully saturated rings. The first-order chi connectivity index (χ1) is 14.1. The van der Waals surface area contributed by atoms with E-state index in [-0.39, 0.29) is 46.9 Å². The van der Waals surface area contributed by atoms with Crippen LogP contribution in [-0.2, 0) is 14.4 Å². The molecule has 5 nitrogen and oxygen atoms in total. The molecule has 2 aliphatic carbocycles. The summed E-state index contributed by atoms with van der Waals surface area (Å²) in [6.45, 7) is 8.53. The summed E-state index contributed by atoms with van der Waals surface area (Å²) >= 11 is 2.20. The van der Waals surface area contributed by atoms with Gasteiger partial charge in [0.05, 0.1) is 12.1 Å². The Morgan fingerprint density at radius 3 is 2.10 bits per heavy atom. The van der Waals surface area contributed by atoms with Crippen molar-refractivity contribution in [3.63, 3.8) is 0 Å². The van der Waals surface area contributed by atoms with Crippen molar-refractivity contribution in [2.45, 2.75) is 78.3 Å². The van der Waals surface area contributed by atoms with E-state index in [1.54, 1.807) is 12.1 Å². The average Bonchev–Trinajstić information content (AvgIpc) is 2.93. The summed E-state index contributed by atoms with van der Waals surface area (Å²) in [5.74, 6) is -0.514. The molecule has 0 N–H and O–H groups in total. The van der Waals surface area contributed by atoms with Crippen LogP contribution in [0.15, 0.2) is 24.3 Å². The lowest BCUT2D eigenvalue weighted by atomic mass is 9.92. The van der Waals surface area contributed by atoms with Gasteiger partial charge in [0.2, 0.25) is 11.8 Å². The van der Waals surface area contributed by atoms with Gasteiger partial charge in [-0.05, 0) is 70.5 Å². The van der Waals surface area contributed by atoms with Crippen molar-refractivity contribution in [3.8, 4) is 0 Å². The van der Waals surface area contributed by atoms with Crippen molar-refractivity contribution in [2.24, 2.45) is 16.7 Å². The zero-order valence-electron chi connectivity index (χ0n) is 18.3. The second kappa shape index (κ2) is 7.61. The van der Waals surface area contributed by atoms with E-state index in [0.717, 1.165) is 29.3 Å². The Labute approximate surface area is 192 Å². The van der Waals surface area contributed by atoms with Gasteiger partial charge < -0.3 is 4.90 Å². The van der Waals surface area contributed by atoms with E-state index in [2.05, 4.69) is 50.3 Å². The minimum absolute atomic E-state index is 0.0527. The van der Waals surface area contributed by atoms with Crippen LogP contribution in [0.5, 0.6) is 0 Å². The SMILES string of the molecule is CC1(C)C(C(=O)N(C2CCCCC2)C2CC(=O)N(c3ccc(I)cc3)C2=O)C1(C)C. The molecule has 1 saturated heterocycles. The molecule has 0 bridgehead atoms.